The molecule has 2 rings (SSSR count). The average molecular weight is 240 g/mol. The molecule has 0 unspecified atom stereocenters. The van der Waals surface area contributed by atoms with Crippen LogP contribution >= 0.6 is 15.9 Å². The van der Waals surface area contributed by atoms with Gasteiger partial charge in [0.1, 0.15) is 0 Å². The molecule has 2 heteroatoms. The largest absolute Gasteiger partial charge is 0.324 e. The standard InChI is InChI=1S/C11H14BrN/c1-7-5-6-8-9(11(7)12)3-2-4-10(8)13/h5-6,10H,2-4,13H2,1H3/t10-/m0/s1. The third-order valence-corrected chi connectivity index (χ3v) is 3.92. The fourth-order valence-electron chi connectivity index (χ4n) is 2.01. The Balaban J connectivity index is 2.56. The van der Waals surface area contributed by atoms with Gasteiger partial charge in [0.15, 0.2) is 0 Å². The van der Waals surface area contributed by atoms with Crippen LogP contribution in [0.15, 0.2) is 16.6 Å². The van der Waals surface area contributed by atoms with Gasteiger partial charge in [-0.05, 0) is 42.9 Å². The topological polar surface area (TPSA) is 26.0 Å². The normalized spacial score (nSPS) is 21.3. The summed E-state index contributed by atoms with van der Waals surface area (Å²) in [7, 11) is 0. The van der Waals surface area contributed by atoms with Gasteiger partial charge < -0.3 is 5.73 Å². The van der Waals surface area contributed by atoms with E-state index >= 15 is 0 Å². The van der Waals surface area contributed by atoms with Crippen LogP contribution in [0, 0.1) is 6.92 Å². The van der Waals surface area contributed by atoms with E-state index in [1.165, 1.54) is 34.0 Å². The predicted molar refractivity (Wildman–Crippen MR) is 58.7 cm³/mol. The monoisotopic (exact) mass is 239 g/mol. The van der Waals surface area contributed by atoms with Crippen LogP contribution in [0.4, 0.5) is 0 Å². The molecule has 0 saturated carbocycles. The molecule has 0 aromatic heterocycles. The van der Waals surface area contributed by atoms with Crippen molar-refractivity contribution in [3.05, 3.63) is 33.3 Å². The lowest BCUT2D eigenvalue weighted by atomic mass is 9.87. The maximum Gasteiger partial charge on any atom is 0.0298 e. The first-order chi connectivity index (χ1) is 6.20. The van der Waals surface area contributed by atoms with Gasteiger partial charge in [-0.25, -0.2) is 0 Å². The summed E-state index contributed by atoms with van der Waals surface area (Å²) in [6, 6.07) is 4.58. The molecule has 0 fully saturated rings. The second kappa shape index (κ2) is 3.43. The van der Waals surface area contributed by atoms with Crippen molar-refractivity contribution in [3.63, 3.8) is 0 Å². The summed E-state index contributed by atoms with van der Waals surface area (Å²) in [4.78, 5) is 0. The second-order valence-electron chi connectivity index (χ2n) is 3.76. The Morgan fingerprint density at radius 1 is 1.46 bits per heavy atom. The summed E-state index contributed by atoms with van der Waals surface area (Å²) >= 11 is 3.64. The van der Waals surface area contributed by atoms with Crippen LogP contribution in [0.3, 0.4) is 0 Å². The maximum atomic E-state index is 6.04. The van der Waals surface area contributed by atoms with Gasteiger partial charge in [-0.15, -0.1) is 0 Å². The molecule has 0 spiro atoms. The highest BCUT2D eigenvalue weighted by Crippen LogP contribution is 2.34. The van der Waals surface area contributed by atoms with E-state index in [2.05, 4.69) is 35.0 Å². The van der Waals surface area contributed by atoms with E-state index in [-0.39, 0.29) is 6.04 Å². The number of fused-ring (bicyclic) bond motifs is 1. The molecule has 0 bridgehead atoms. The van der Waals surface area contributed by atoms with Crippen molar-refractivity contribution >= 4 is 15.9 Å². The van der Waals surface area contributed by atoms with Crippen LogP contribution in [0.25, 0.3) is 0 Å². The van der Waals surface area contributed by atoms with Crippen molar-refractivity contribution in [2.45, 2.75) is 32.2 Å². The summed E-state index contributed by atoms with van der Waals surface area (Å²) in [5, 5.41) is 0. The highest BCUT2D eigenvalue weighted by molar-refractivity contribution is 9.10. The third kappa shape index (κ3) is 1.53. The number of aryl methyl sites for hydroxylation is 1. The van der Waals surface area contributed by atoms with Gasteiger partial charge in [0, 0.05) is 10.5 Å². The summed E-state index contributed by atoms with van der Waals surface area (Å²) < 4.78 is 1.26. The first kappa shape index (κ1) is 9.22. The third-order valence-electron chi connectivity index (χ3n) is 2.81. The fourth-order valence-corrected chi connectivity index (χ4v) is 2.57. The van der Waals surface area contributed by atoms with Crippen molar-refractivity contribution in [1.29, 1.82) is 0 Å². The van der Waals surface area contributed by atoms with Crippen molar-refractivity contribution in [2.24, 2.45) is 5.73 Å². The maximum absolute atomic E-state index is 6.04. The molecule has 0 heterocycles. The van der Waals surface area contributed by atoms with E-state index < -0.39 is 0 Å². The van der Waals surface area contributed by atoms with E-state index in [1.807, 2.05) is 0 Å². The Morgan fingerprint density at radius 2 is 2.23 bits per heavy atom. The van der Waals surface area contributed by atoms with E-state index in [1.54, 1.807) is 0 Å². The molecule has 0 radical (unpaired) electrons. The Labute approximate surface area is 87.5 Å². The van der Waals surface area contributed by atoms with Gasteiger partial charge in [0.2, 0.25) is 0 Å². The minimum absolute atomic E-state index is 0.251. The van der Waals surface area contributed by atoms with Crippen LogP contribution in [-0.4, -0.2) is 0 Å². The van der Waals surface area contributed by atoms with Gasteiger partial charge in [-0.3, -0.25) is 0 Å². The van der Waals surface area contributed by atoms with Crippen molar-refractivity contribution in [3.8, 4) is 0 Å². The van der Waals surface area contributed by atoms with Gasteiger partial charge in [-0.2, -0.15) is 0 Å². The number of rotatable bonds is 0. The zero-order valence-electron chi connectivity index (χ0n) is 7.81. The smallest absolute Gasteiger partial charge is 0.0298 e. The van der Waals surface area contributed by atoms with Gasteiger partial charge >= 0.3 is 0 Å². The number of hydrogen-bond donors (Lipinski definition) is 1. The number of nitrogens with two attached hydrogens (primary N) is 1. The lowest BCUT2D eigenvalue weighted by Crippen LogP contribution is -2.17. The van der Waals surface area contributed by atoms with E-state index in [4.69, 9.17) is 5.73 Å². The fraction of sp³-hybridized carbons (Fsp3) is 0.455. The molecule has 2 N–H and O–H groups in total. The lowest BCUT2D eigenvalue weighted by Gasteiger charge is -2.23. The Hall–Kier alpha value is -0.340. The molecule has 13 heavy (non-hydrogen) atoms. The minimum atomic E-state index is 0.251. The zero-order valence-corrected chi connectivity index (χ0v) is 9.39. The quantitative estimate of drug-likeness (QED) is 0.740. The van der Waals surface area contributed by atoms with Crippen LogP contribution in [0.5, 0.6) is 0 Å². The van der Waals surface area contributed by atoms with Gasteiger partial charge in [0.25, 0.3) is 0 Å². The van der Waals surface area contributed by atoms with Crippen LogP contribution in [0.2, 0.25) is 0 Å². The molecule has 1 aromatic rings. The molecule has 1 nitrogen and oxygen atoms in total. The molecular formula is C11H14BrN. The van der Waals surface area contributed by atoms with E-state index in [0.29, 0.717) is 0 Å². The molecule has 1 aliphatic carbocycles. The average Bonchev–Trinajstić information content (AvgIpc) is 2.12. The summed E-state index contributed by atoms with van der Waals surface area (Å²) in [5.74, 6) is 0. The zero-order chi connectivity index (χ0) is 9.42. The van der Waals surface area contributed by atoms with Crippen molar-refractivity contribution < 1.29 is 0 Å². The summed E-state index contributed by atoms with van der Waals surface area (Å²) in [6.45, 7) is 2.13. The molecule has 70 valence electrons. The second-order valence-corrected chi connectivity index (χ2v) is 4.56. The molecule has 0 amide bonds. The highest BCUT2D eigenvalue weighted by Gasteiger charge is 2.19. The minimum Gasteiger partial charge on any atom is -0.324 e. The molecule has 0 saturated heterocycles. The Morgan fingerprint density at radius 3 is 3.00 bits per heavy atom. The number of hydrogen-bond acceptors (Lipinski definition) is 1. The van der Waals surface area contributed by atoms with Crippen LogP contribution < -0.4 is 5.73 Å². The molecule has 1 atom stereocenters. The van der Waals surface area contributed by atoms with Crippen LogP contribution in [0.1, 0.15) is 35.6 Å². The van der Waals surface area contributed by atoms with E-state index in [0.717, 1.165) is 6.42 Å². The number of benzene rings is 1. The van der Waals surface area contributed by atoms with Crippen LogP contribution in [-0.2, 0) is 6.42 Å². The van der Waals surface area contributed by atoms with Crippen molar-refractivity contribution in [2.75, 3.05) is 0 Å². The van der Waals surface area contributed by atoms with Gasteiger partial charge in [-0.1, -0.05) is 28.1 Å². The summed E-state index contributed by atoms with van der Waals surface area (Å²) in [5.41, 5.74) is 10.1. The van der Waals surface area contributed by atoms with E-state index in [9.17, 15) is 0 Å². The summed E-state index contributed by atoms with van der Waals surface area (Å²) in [6.07, 6.45) is 3.52. The highest BCUT2D eigenvalue weighted by atomic mass is 79.9. The Kier molecular flexibility index (Phi) is 2.43. The SMILES string of the molecule is Cc1ccc2c(c1Br)CCC[C@@H]2N. The molecule has 1 aliphatic rings. The molecular weight excluding hydrogens is 226 g/mol. The molecule has 1 aromatic carbocycles. The van der Waals surface area contributed by atoms with Gasteiger partial charge in [0.05, 0.1) is 0 Å². The predicted octanol–water partition coefficient (Wildman–Crippen LogP) is 3.09. The Bertz CT molecular complexity index is 333. The first-order valence-electron chi connectivity index (χ1n) is 4.73. The first-order valence-corrected chi connectivity index (χ1v) is 5.53. The van der Waals surface area contributed by atoms with Crippen molar-refractivity contribution in [1.82, 2.24) is 0 Å². The molecule has 0 aliphatic heterocycles. The number of halogens is 1. The lowest BCUT2D eigenvalue weighted by molar-refractivity contribution is 0.568.